The molecule has 3 unspecified atom stereocenters. The van der Waals surface area contributed by atoms with E-state index < -0.39 is 0 Å². The first-order chi connectivity index (χ1) is 9.74. The van der Waals surface area contributed by atoms with Gasteiger partial charge in [-0.05, 0) is 48.8 Å². The van der Waals surface area contributed by atoms with Gasteiger partial charge in [0.1, 0.15) is 0 Å². The van der Waals surface area contributed by atoms with Gasteiger partial charge >= 0.3 is 0 Å². The maximum Gasteiger partial charge on any atom is 0.0705 e. The van der Waals surface area contributed by atoms with Gasteiger partial charge < -0.3 is 5.32 Å². The Morgan fingerprint density at radius 1 is 1.15 bits per heavy atom. The van der Waals surface area contributed by atoms with Gasteiger partial charge in [-0.15, -0.1) is 0 Å². The molecule has 1 aliphatic rings. The highest BCUT2D eigenvalue weighted by molar-refractivity contribution is 5.81. The molecule has 1 fully saturated rings. The Labute approximate surface area is 121 Å². The molecule has 3 atom stereocenters. The maximum absolute atomic E-state index is 4.43. The summed E-state index contributed by atoms with van der Waals surface area (Å²) in [7, 11) is 0. The van der Waals surface area contributed by atoms with Crippen LogP contribution in [0.15, 0.2) is 36.5 Å². The van der Waals surface area contributed by atoms with Crippen molar-refractivity contribution >= 4 is 10.9 Å². The van der Waals surface area contributed by atoms with Crippen LogP contribution in [-0.4, -0.2) is 11.0 Å². The lowest BCUT2D eigenvalue weighted by Crippen LogP contribution is -2.38. The van der Waals surface area contributed by atoms with Gasteiger partial charge in [-0.25, -0.2) is 0 Å². The van der Waals surface area contributed by atoms with E-state index in [0.717, 1.165) is 23.9 Å². The van der Waals surface area contributed by atoms with E-state index in [9.17, 15) is 0 Å². The van der Waals surface area contributed by atoms with Gasteiger partial charge in [0.05, 0.1) is 5.52 Å². The first kappa shape index (κ1) is 13.6. The molecule has 0 aliphatic heterocycles. The van der Waals surface area contributed by atoms with Crippen molar-refractivity contribution in [1.82, 2.24) is 10.3 Å². The molecular weight excluding hydrogens is 244 g/mol. The van der Waals surface area contributed by atoms with E-state index in [4.69, 9.17) is 0 Å². The number of benzene rings is 1. The fourth-order valence-electron chi connectivity index (χ4n) is 3.52. The summed E-state index contributed by atoms with van der Waals surface area (Å²) < 4.78 is 0. The van der Waals surface area contributed by atoms with Gasteiger partial charge in [-0.2, -0.15) is 0 Å². The van der Waals surface area contributed by atoms with Gasteiger partial charge in [0.15, 0.2) is 0 Å². The Morgan fingerprint density at radius 3 is 2.85 bits per heavy atom. The minimum absolute atomic E-state index is 0.665. The predicted molar refractivity (Wildman–Crippen MR) is 84.5 cm³/mol. The fourth-order valence-corrected chi connectivity index (χ4v) is 3.52. The first-order valence-corrected chi connectivity index (χ1v) is 7.80. The Morgan fingerprint density at radius 2 is 2.00 bits per heavy atom. The third-order valence-corrected chi connectivity index (χ3v) is 4.73. The summed E-state index contributed by atoms with van der Waals surface area (Å²) in [6.45, 7) is 5.72. The van der Waals surface area contributed by atoms with Gasteiger partial charge in [-0.3, -0.25) is 4.98 Å². The Hall–Kier alpha value is -1.41. The largest absolute Gasteiger partial charge is 0.310 e. The summed E-state index contributed by atoms with van der Waals surface area (Å²) in [5.41, 5.74) is 2.46. The van der Waals surface area contributed by atoms with Crippen LogP contribution in [0.1, 0.15) is 38.7 Å². The molecule has 0 saturated heterocycles. The number of para-hydroxylation sites is 1. The topological polar surface area (TPSA) is 24.9 Å². The average molecular weight is 268 g/mol. The number of rotatable bonds is 3. The van der Waals surface area contributed by atoms with Crippen LogP contribution in [0.2, 0.25) is 0 Å². The zero-order valence-corrected chi connectivity index (χ0v) is 12.5. The zero-order chi connectivity index (χ0) is 13.9. The molecule has 1 aliphatic carbocycles. The van der Waals surface area contributed by atoms with Crippen LogP contribution in [-0.2, 0) is 6.54 Å². The van der Waals surface area contributed by atoms with Crippen LogP contribution < -0.4 is 5.32 Å². The minimum Gasteiger partial charge on any atom is -0.310 e. The van der Waals surface area contributed by atoms with Crippen molar-refractivity contribution in [2.24, 2.45) is 11.8 Å². The van der Waals surface area contributed by atoms with E-state index in [0.29, 0.717) is 6.04 Å². The van der Waals surface area contributed by atoms with Crippen molar-refractivity contribution in [1.29, 1.82) is 0 Å². The zero-order valence-electron chi connectivity index (χ0n) is 12.5. The Kier molecular flexibility index (Phi) is 4.02. The first-order valence-electron chi connectivity index (χ1n) is 7.80. The molecule has 1 heterocycles. The van der Waals surface area contributed by atoms with Crippen LogP contribution in [0, 0.1) is 11.8 Å². The quantitative estimate of drug-likeness (QED) is 0.904. The number of hydrogen-bond acceptors (Lipinski definition) is 2. The van der Waals surface area contributed by atoms with E-state index in [1.165, 1.54) is 30.2 Å². The molecule has 1 aromatic heterocycles. The number of fused-ring (bicyclic) bond motifs is 1. The molecule has 2 aromatic rings. The van der Waals surface area contributed by atoms with E-state index in [1.54, 1.807) is 0 Å². The van der Waals surface area contributed by atoms with Crippen LogP contribution in [0.25, 0.3) is 10.9 Å². The number of pyridine rings is 1. The lowest BCUT2D eigenvalue weighted by atomic mass is 9.80. The molecule has 0 bridgehead atoms. The highest BCUT2D eigenvalue weighted by atomic mass is 14.9. The maximum atomic E-state index is 4.43. The molecule has 2 heteroatoms. The van der Waals surface area contributed by atoms with Gasteiger partial charge in [0.25, 0.3) is 0 Å². The summed E-state index contributed by atoms with van der Waals surface area (Å²) in [6.07, 6.45) is 5.95. The van der Waals surface area contributed by atoms with Crippen molar-refractivity contribution in [3.8, 4) is 0 Å². The number of nitrogens with one attached hydrogen (secondary N) is 1. The van der Waals surface area contributed by atoms with Crippen molar-refractivity contribution in [3.63, 3.8) is 0 Å². The molecule has 1 N–H and O–H groups in total. The summed E-state index contributed by atoms with van der Waals surface area (Å²) in [5.74, 6) is 1.68. The smallest absolute Gasteiger partial charge is 0.0705 e. The fraction of sp³-hybridized carbons (Fsp3) is 0.500. The van der Waals surface area contributed by atoms with Gasteiger partial charge in [-0.1, -0.05) is 32.0 Å². The summed E-state index contributed by atoms with van der Waals surface area (Å²) in [5, 5.41) is 5.05. The Balaban J connectivity index is 1.71. The standard InChI is InChI=1S/C18H24N2/c1-13-7-8-17(14(2)11-13)20-12-15-9-10-19-18-6-4-3-5-16(15)18/h3-6,9-10,13-14,17,20H,7-8,11-12H2,1-2H3. The molecule has 1 aromatic carbocycles. The van der Waals surface area contributed by atoms with Crippen LogP contribution in [0.3, 0.4) is 0 Å². The van der Waals surface area contributed by atoms with Crippen molar-refractivity contribution in [3.05, 3.63) is 42.1 Å². The van der Waals surface area contributed by atoms with Crippen LogP contribution in [0.4, 0.5) is 0 Å². The third-order valence-electron chi connectivity index (χ3n) is 4.73. The number of nitrogens with zero attached hydrogens (tertiary/aromatic N) is 1. The van der Waals surface area contributed by atoms with E-state index in [-0.39, 0.29) is 0 Å². The van der Waals surface area contributed by atoms with Crippen molar-refractivity contribution in [2.45, 2.75) is 45.7 Å². The van der Waals surface area contributed by atoms with Crippen LogP contribution in [0.5, 0.6) is 0 Å². The third kappa shape index (κ3) is 2.85. The van der Waals surface area contributed by atoms with Crippen molar-refractivity contribution in [2.75, 3.05) is 0 Å². The van der Waals surface area contributed by atoms with E-state index >= 15 is 0 Å². The second-order valence-corrected chi connectivity index (χ2v) is 6.37. The SMILES string of the molecule is CC1CCC(NCc2ccnc3ccccc23)C(C)C1. The van der Waals surface area contributed by atoms with Crippen LogP contribution >= 0.6 is 0 Å². The number of aromatic nitrogens is 1. The predicted octanol–water partition coefficient (Wildman–Crippen LogP) is 4.15. The van der Waals surface area contributed by atoms with Gasteiger partial charge in [0.2, 0.25) is 0 Å². The Bertz CT molecular complexity index is 573. The lowest BCUT2D eigenvalue weighted by Gasteiger charge is -2.33. The lowest BCUT2D eigenvalue weighted by molar-refractivity contribution is 0.227. The molecule has 1 saturated carbocycles. The number of hydrogen-bond donors (Lipinski definition) is 1. The highest BCUT2D eigenvalue weighted by Gasteiger charge is 2.24. The highest BCUT2D eigenvalue weighted by Crippen LogP contribution is 2.29. The summed E-state index contributed by atoms with van der Waals surface area (Å²) in [4.78, 5) is 4.43. The van der Waals surface area contributed by atoms with E-state index in [2.05, 4.69) is 54.5 Å². The second-order valence-electron chi connectivity index (χ2n) is 6.37. The monoisotopic (exact) mass is 268 g/mol. The molecule has 2 nitrogen and oxygen atoms in total. The molecule has 0 radical (unpaired) electrons. The normalized spacial score (nSPS) is 26.8. The molecule has 106 valence electrons. The minimum atomic E-state index is 0.665. The average Bonchev–Trinajstić information content (AvgIpc) is 2.46. The van der Waals surface area contributed by atoms with Gasteiger partial charge in [0, 0.05) is 24.2 Å². The summed E-state index contributed by atoms with van der Waals surface area (Å²) >= 11 is 0. The van der Waals surface area contributed by atoms with Crippen molar-refractivity contribution < 1.29 is 0 Å². The summed E-state index contributed by atoms with van der Waals surface area (Å²) in [6, 6.07) is 11.2. The molecule has 0 amide bonds. The second kappa shape index (κ2) is 5.92. The molecule has 20 heavy (non-hydrogen) atoms. The molecular formula is C18H24N2. The molecule has 0 spiro atoms. The molecule has 3 rings (SSSR count). The van der Waals surface area contributed by atoms with E-state index in [1.807, 2.05) is 6.20 Å².